The van der Waals surface area contributed by atoms with Gasteiger partial charge in [-0.15, -0.1) is 0 Å². The van der Waals surface area contributed by atoms with Gasteiger partial charge in [0, 0.05) is 5.56 Å². The Morgan fingerprint density at radius 3 is 2.39 bits per heavy atom. The third-order valence-corrected chi connectivity index (χ3v) is 4.66. The Labute approximate surface area is 188 Å². The van der Waals surface area contributed by atoms with Crippen LogP contribution < -0.4 is 30.8 Å². The van der Waals surface area contributed by atoms with E-state index in [-0.39, 0.29) is 40.6 Å². The van der Waals surface area contributed by atoms with Crippen molar-refractivity contribution in [2.45, 2.75) is 0 Å². The van der Waals surface area contributed by atoms with Crippen molar-refractivity contribution in [3.05, 3.63) is 63.9 Å². The van der Waals surface area contributed by atoms with E-state index in [4.69, 9.17) is 19.9 Å². The fraction of sp³-hybridized carbons (Fsp3) is 0.130. The third kappa shape index (κ3) is 4.70. The molecule has 1 aromatic heterocycles. The highest BCUT2D eigenvalue weighted by Gasteiger charge is 2.20. The minimum absolute atomic E-state index is 0.0435. The highest BCUT2D eigenvalue weighted by Crippen LogP contribution is 2.35. The lowest BCUT2D eigenvalue weighted by Crippen LogP contribution is -2.20. The summed E-state index contributed by atoms with van der Waals surface area (Å²) in [5.41, 5.74) is 5.68. The lowest BCUT2D eigenvalue weighted by Gasteiger charge is -2.14. The highest BCUT2D eigenvalue weighted by molar-refractivity contribution is 5.93. The van der Waals surface area contributed by atoms with Crippen LogP contribution in [0.25, 0.3) is 11.1 Å². The SMILES string of the molecule is COc1ccccc1NC(=O)COc1ccc(-c2c(C#N)c(N)[nH]c(=O)c2C#N)cc1OC. The Morgan fingerprint density at radius 2 is 1.73 bits per heavy atom. The summed E-state index contributed by atoms with van der Waals surface area (Å²) in [7, 11) is 2.89. The second kappa shape index (κ2) is 9.90. The molecule has 1 heterocycles. The van der Waals surface area contributed by atoms with Gasteiger partial charge < -0.3 is 30.2 Å². The molecule has 0 aliphatic heterocycles. The number of ether oxygens (including phenoxy) is 3. The molecule has 0 bridgehead atoms. The fourth-order valence-corrected chi connectivity index (χ4v) is 3.15. The first-order valence-corrected chi connectivity index (χ1v) is 9.53. The number of benzene rings is 2. The summed E-state index contributed by atoms with van der Waals surface area (Å²) in [6, 6.07) is 15.2. The van der Waals surface area contributed by atoms with Gasteiger partial charge in [0.05, 0.1) is 19.9 Å². The molecule has 0 saturated carbocycles. The molecule has 0 unspecified atom stereocenters. The fourth-order valence-electron chi connectivity index (χ4n) is 3.15. The van der Waals surface area contributed by atoms with Crippen LogP contribution in [0.1, 0.15) is 11.1 Å². The standard InChI is InChI=1S/C23H19N5O5/c1-31-17-6-4-3-5-16(17)27-20(29)12-33-18-8-7-13(9-19(18)32-2)21-14(10-24)22(26)28-23(30)15(21)11-25/h3-9H,12H2,1-2H3,(H,27,29)(H3,26,28,30). The molecule has 3 aromatic rings. The van der Waals surface area contributed by atoms with Gasteiger partial charge in [-0.25, -0.2) is 0 Å². The molecule has 0 aliphatic carbocycles. The van der Waals surface area contributed by atoms with Crippen LogP contribution in [0.2, 0.25) is 0 Å². The number of rotatable bonds is 7. The number of nitrogen functional groups attached to an aromatic ring is 1. The van der Waals surface area contributed by atoms with Crippen molar-refractivity contribution >= 4 is 17.4 Å². The van der Waals surface area contributed by atoms with Crippen LogP contribution in [0.4, 0.5) is 11.5 Å². The van der Waals surface area contributed by atoms with E-state index >= 15 is 0 Å². The van der Waals surface area contributed by atoms with E-state index in [1.54, 1.807) is 30.3 Å². The number of aromatic amines is 1. The minimum Gasteiger partial charge on any atom is -0.495 e. The van der Waals surface area contributed by atoms with Crippen LogP contribution in [0, 0.1) is 22.7 Å². The summed E-state index contributed by atoms with van der Waals surface area (Å²) in [6.07, 6.45) is 0. The van der Waals surface area contributed by atoms with Crippen molar-refractivity contribution in [2.75, 3.05) is 31.9 Å². The maximum Gasteiger partial charge on any atom is 0.268 e. The molecule has 0 saturated heterocycles. The predicted molar refractivity (Wildman–Crippen MR) is 120 cm³/mol. The number of hydrogen-bond donors (Lipinski definition) is 3. The van der Waals surface area contributed by atoms with E-state index in [1.165, 1.54) is 32.4 Å². The van der Waals surface area contributed by atoms with Gasteiger partial charge in [0.25, 0.3) is 11.5 Å². The first kappa shape index (κ1) is 22.7. The number of aromatic nitrogens is 1. The zero-order valence-corrected chi connectivity index (χ0v) is 17.8. The van der Waals surface area contributed by atoms with Crippen molar-refractivity contribution in [1.29, 1.82) is 10.5 Å². The van der Waals surface area contributed by atoms with E-state index in [0.717, 1.165) is 0 Å². The van der Waals surface area contributed by atoms with Gasteiger partial charge in [0.2, 0.25) is 0 Å². The first-order chi connectivity index (χ1) is 15.9. The molecule has 0 radical (unpaired) electrons. The molecule has 10 heteroatoms. The Kier molecular flexibility index (Phi) is 6.81. The number of para-hydroxylation sites is 2. The molecule has 4 N–H and O–H groups in total. The van der Waals surface area contributed by atoms with Gasteiger partial charge in [-0.1, -0.05) is 18.2 Å². The normalized spacial score (nSPS) is 9.94. The molecular formula is C23H19N5O5. The number of anilines is 2. The highest BCUT2D eigenvalue weighted by atomic mass is 16.5. The number of amides is 1. The topological polar surface area (TPSA) is 163 Å². The van der Waals surface area contributed by atoms with Crippen LogP contribution in [0.5, 0.6) is 17.2 Å². The average Bonchev–Trinajstić information content (AvgIpc) is 2.82. The number of methoxy groups -OCH3 is 2. The summed E-state index contributed by atoms with van der Waals surface area (Å²) in [5, 5.41) is 21.6. The van der Waals surface area contributed by atoms with Crippen molar-refractivity contribution in [1.82, 2.24) is 4.98 Å². The third-order valence-electron chi connectivity index (χ3n) is 4.66. The molecule has 2 aromatic carbocycles. The summed E-state index contributed by atoms with van der Waals surface area (Å²) in [6.45, 7) is -0.321. The largest absolute Gasteiger partial charge is 0.495 e. The molecule has 33 heavy (non-hydrogen) atoms. The lowest BCUT2D eigenvalue weighted by atomic mass is 9.96. The van der Waals surface area contributed by atoms with E-state index in [9.17, 15) is 20.1 Å². The molecule has 166 valence electrons. The Hall–Kier alpha value is -4.96. The second-order valence-corrected chi connectivity index (χ2v) is 6.62. The van der Waals surface area contributed by atoms with Gasteiger partial charge >= 0.3 is 0 Å². The predicted octanol–water partition coefficient (Wildman–Crippen LogP) is 2.40. The number of nitriles is 2. The zero-order chi connectivity index (χ0) is 24.0. The number of H-pyrrole nitrogens is 1. The van der Waals surface area contributed by atoms with Gasteiger partial charge in [0.1, 0.15) is 34.8 Å². The first-order valence-electron chi connectivity index (χ1n) is 9.53. The van der Waals surface area contributed by atoms with Crippen LogP contribution in [-0.4, -0.2) is 31.7 Å². The van der Waals surface area contributed by atoms with Crippen LogP contribution in [-0.2, 0) is 4.79 Å². The number of nitrogens with two attached hydrogens (primary N) is 1. The quantitative estimate of drug-likeness (QED) is 0.499. The Morgan fingerprint density at radius 1 is 1.03 bits per heavy atom. The Balaban J connectivity index is 1.88. The molecule has 0 spiro atoms. The molecule has 0 aliphatic rings. The molecular weight excluding hydrogens is 426 g/mol. The van der Waals surface area contributed by atoms with Crippen molar-refractivity contribution in [3.8, 4) is 40.5 Å². The minimum atomic E-state index is -0.712. The molecule has 10 nitrogen and oxygen atoms in total. The van der Waals surface area contributed by atoms with Gasteiger partial charge in [-0.05, 0) is 29.8 Å². The average molecular weight is 445 g/mol. The van der Waals surface area contributed by atoms with Crippen LogP contribution >= 0.6 is 0 Å². The summed E-state index contributed by atoms with van der Waals surface area (Å²) >= 11 is 0. The van der Waals surface area contributed by atoms with Crippen molar-refractivity contribution in [2.24, 2.45) is 0 Å². The van der Waals surface area contributed by atoms with E-state index in [1.807, 2.05) is 6.07 Å². The maximum absolute atomic E-state index is 12.3. The number of carbonyl (C=O) groups is 1. The van der Waals surface area contributed by atoms with Crippen molar-refractivity contribution < 1.29 is 19.0 Å². The Bertz CT molecular complexity index is 1350. The molecule has 0 atom stereocenters. The summed E-state index contributed by atoms with van der Waals surface area (Å²) in [4.78, 5) is 26.8. The summed E-state index contributed by atoms with van der Waals surface area (Å²) in [5.74, 6) is 0.400. The molecule has 1 amide bonds. The van der Waals surface area contributed by atoms with E-state index in [2.05, 4.69) is 10.3 Å². The van der Waals surface area contributed by atoms with E-state index in [0.29, 0.717) is 17.0 Å². The zero-order valence-electron chi connectivity index (χ0n) is 17.8. The smallest absolute Gasteiger partial charge is 0.268 e. The maximum atomic E-state index is 12.3. The second-order valence-electron chi connectivity index (χ2n) is 6.62. The summed E-state index contributed by atoms with van der Waals surface area (Å²) < 4.78 is 16.1. The van der Waals surface area contributed by atoms with E-state index < -0.39 is 11.5 Å². The molecule has 0 fully saturated rings. The van der Waals surface area contributed by atoms with Gasteiger partial charge in [-0.3, -0.25) is 9.59 Å². The number of hydrogen-bond acceptors (Lipinski definition) is 8. The van der Waals surface area contributed by atoms with Crippen LogP contribution in [0.15, 0.2) is 47.3 Å². The number of pyridine rings is 1. The molecule has 3 rings (SSSR count). The number of nitrogens with one attached hydrogen (secondary N) is 2. The number of carbonyl (C=O) groups excluding carboxylic acids is 1. The van der Waals surface area contributed by atoms with Crippen molar-refractivity contribution in [3.63, 3.8) is 0 Å². The van der Waals surface area contributed by atoms with Gasteiger partial charge in [-0.2, -0.15) is 10.5 Å². The number of nitrogens with zero attached hydrogens (tertiary/aromatic N) is 2. The van der Waals surface area contributed by atoms with Crippen LogP contribution in [0.3, 0.4) is 0 Å². The lowest BCUT2D eigenvalue weighted by molar-refractivity contribution is -0.118. The monoisotopic (exact) mass is 445 g/mol. The van der Waals surface area contributed by atoms with Gasteiger partial charge in [0.15, 0.2) is 18.1 Å².